The maximum Gasteiger partial charge on any atom is 0.327 e. The maximum atomic E-state index is 11.9. The number of hydrogen-bond acceptors (Lipinski definition) is 5. The molecule has 7 heteroatoms. The van der Waals surface area contributed by atoms with Gasteiger partial charge in [0.15, 0.2) is 0 Å². The van der Waals surface area contributed by atoms with Crippen LogP contribution in [-0.4, -0.2) is 20.1 Å². The summed E-state index contributed by atoms with van der Waals surface area (Å²) >= 11 is 0. The summed E-state index contributed by atoms with van der Waals surface area (Å²) < 4.78 is 5.46. The molecule has 110 valence electrons. The second kappa shape index (κ2) is 4.28. The topological polar surface area (TPSA) is 108 Å². The third kappa shape index (κ3) is 1.76. The van der Waals surface area contributed by atoms with Gasteiger partial charge in [-0.25, -0.2) is 9.78 Å². The van der Waals surface area contributed by atoms with Crippen LogP contribution >= 0.6 is 0 Å². The lowest BCUT2D eigenvalue weighted by Crippen LogP contribution is -2.24. The fourth-order valence-electron chi connectivity index (χ4n) is 2.63. The van der Waals surface area contributed by atoms with Gasteiger partial charge in [0, 0.05) is 11.1 Å². The van der Waals surface area contributed by atoms with E-state index in [4.69, 9.17) is 4.74 Å². The Labute approximate surface area is 123 Å². The summed E-state index contributed by atoms with van der Waals surface area (Å²) in [7, 11) is 0. The zero-order chi connectivity index (χ0) is 15.4. The predicted molar refractivity (Wildman–Crippen MR) is 78.7 cm³/mol. The normalized spacial score (nSPS) is 16.0. The second-order valence-corrected chi connectivity index (χ2v) is 5.20. The molecule has 4 rings (SSSR count). The fourth-order valence-corrected chi connectivity index (χ4v) is 2.63. The summed E-state index contributed by atoms with van der Waals surface area (Å²) in [6.07, 6.45) is -1.21. The highest BCUT2D eigenvalue weighted by atomic mass is 16.6. The molecule has 0 radical (unpaired) electrons. The van der Waals surface area contributed by atoms with Crippen molar-refractivity contribution in [3.8, 4) is 17.0 Å². The van der Waals surface area contributed by atoms with E-state index in [1.807, 2.05) is 19.1 Å². The maximum absolute atomic E-state index is 11.9. The van der Waals surface area contributed by atoms with E-state index in [0.29, 0.717) is 22.6 Å². The molecule has 1 unspecified atom stereocenters. The molecule has 22 heavy (non-hydrogen) atoms. The molecule has 2 aromatic heterocycles. The number of aliphatic hydroxyl groups excluding tert-OH is 1. The van der Waals surface area contributed by atoms with Crippen molar-refractivity contribution in [1.82, 2.24) is 15.0 Å². The van der Waals surface area contributed by atoms with Gasteiger partial charge in [-0.2, -0.15) is 0 Å². The standard InChI is InChI=1S/C15H11N3O4/c1-6-2-3-10-7(4-6)11-8(14(20)22-10)5-9-12(16-11)17-15(21)18-13(9)19/h2-5,14,20H,1H3,(H2,16,17,18,19,21). The van der Waals surface area contributed by atoms with Crippen LogP contribution in [0.25, 0.3) is 22.3 Å². The van der Waals surface area contributed by atoms with Crippen LogP contribution in [0, 0.1) is 6.92 Å². The van der Waals surface area contributed by atoms with E-state index in [9.17, 15) is 14.7 Å². The molecule has 3 N–H and O–H groups in total. The van der Waals surface area contributed by atoms with Crippen LogP contribution in [-0.2, 0) is 0 Å². The largest absolute Gasteiger partial charge is 0.460 e. The number of rotatable bonds is 0. The molecule has 0 spiro atoms. The van der Waals surface area contributed by atoms with E-state index in [1.54, 1.807) is 6.07 Å². The first-order valence-corrected chi connectivity index (χ1v) is 6.66. The Morgan fingerprint density at radius 3 is 2.86 bits per heavy atom. The smallest absolute Gasteiger partial charge is 0.327 e. The number of aromatic amines is 2. The summed E-state index contributed by atoms with van der Waals surface area (Å²) in [6, 6.07) is 6.99. The molecule has 0 bridgehead atoms. The zero-order valence-electron chi connectivity index (χ0n) is 11.5. The fraction of sp³-hybridized carbons (Fsp3) is 0.133. The molecule has 0 fully saturated rings. The highest BCUT2D eigenvalue weighted by Crippen LogP contribution is 2.41. The summed E-state index contributed by atoms with van der Waals surface area (Å²) in [6.45, 7) is 1.93. The van der Waals surface area contributed by atoms with Gasteiger partial charge in [0.2, 0.25) is 6.29 Å². The highest BCUT2D eigenvalue weighted by Gasteiger charge is 2.27. The molecular formula is C15H11N3O4. The number of hydrogen-bond donors (Lipinski definition) is 3. The monoisotopic (exact) mass is 297 g/mol. The van der Waals surface area contributed by atoms with Crippen LogP contribution in [0.15, 0.2) is 33.9 Å². The van der Waals surface area contributed by atoms with Gasteiger partial charge in [-0.1, -0.05) is 11.6 Å². The Morgan fingerprint density at radius 2 is 2.05 bits per heavy atom. The third-order valence-electron chi connectivity index (χ3n) is 3.65. The average molecular weight is 297 g/mol. The van der Waals surface area contributed by atoms with Crippen molar-refractivity contribution in [3.63, 3.8) is 0 Å². The van der Waals surface area contributed by atoms with Crippen molar-refractivity contribution in [2.24, 2.45) is 0 Å². The van der Waals surface area contributed by atoms with Crippen molar-refractivity contribution in [2.75, 3.05) is 0 Å². The van der Waals surface area contributed by atoms with Crippen LogP contribution in [0.3, 0.4) is 0 Å². The van der Waals surface area contributed by atoms with Gasteiger partial charge in [0.1, 0.15) is 11.4 Å². The third-order valence-corrected chi connectivity index (χ3v) is 3.65. The Morgan fingerprint density at radius 1 is 1.23 bits per heavy atom. The lowest BCUT2D eigenvalue weighted by atomic mass is 9.99. The van der Waals surface area contributed by atoms with E-state index in [2.05, 4.69) is 15.0 Å². The molecule has 7 nitrogen and oxygen atoms in total. The molecule has 1 atom stereocenters. The van der Waals surface area contributed by atoms with Gasteiger partial charge in [0.05, 0.1) is 11.1 Å². The summed E-state index contributed by atoms with van der Waals surface area (Å²) in [5, 5.41) is 10.3. The molecular weight excluding hydrogens is 286 g/mol. The summed E-state index contributed by atoms with van der Waals surface area (Å²) in [5.41, 5.74) is 1.59. The van der Waals surface area contributed by atoms with Crippen LogP contribution in [0.5, 0.6) is 5.75 Å². The van der Waals surface area contributed by atoms with E-state index < -0.39 is 17.5 Å². The van der Waals surface area contributed by atoms with Gasteiger partial charge < -0.3 is 9.84 Å². The molecule has 0 aliphatic carbocycles. The predicted octanol–water partition coefficient (Wildman–Crippen LogP) is 0.970. The number of H-pyrrole nitrogens is 2. The van der Waals surface area contributed by atoms with Crippen LogP contribution < -0.4 is 16.0 Å². The lowest BCUT2D eigenvalue weighted by molar-refractivity contribution is -0.0215. The number of nitrogens with zero attached hydrogens (tertiary/aromatic N) is 1. The first-order chi connectivity index (χ1) is 10.5. The summed E-state index contributed by atoms with van der Waals surface area (Å²) in [5.74, 6) is 0.504. The highest BCUT2D eigenvalue weighted by molar-refractivity contribution is 5.82. The van der Waals surface area contributed by atoms with E-state index in [1.165, 1.54) is 6.07 Å². The van der Waals surface area contributed by atoms with Gasteiger partial charge in [-0.15, -0.1) is 0 Å². The second-order valence-electron chi connectivity index (χ2n) is 5.20. The molecule has 1 aromatic carbocycles. The summed E-state index contributed by atoms with van der Waals surface area (Å²) in [4.78, 5) is 32.2. The van der Waals surface area contributed by atoms with Crippen molar-refractivity contribution in [2.45, 2.75) is 13.2 Å². The Balaban J connectivity index is 2.13. The van der Waals surface area contributed by atoms with E-state index >= 15 is 0 Å². The Hall–Kier alpha value is -2.93. The minimum Gasteiger partial charge on any atom is -0.460 e. The molecule has 3 aromatic rings. The van der Waals surface area contributed by atoms with Crippen LogP contribution in [0.4, 0.5) is 0 Å². The number of pyridine rings is 1. The average Bonchev–Trinajstić information content (AvgIpc) is 2.47. The SMILES string of the molecule is Cc1ccc2c(c1)-c1nc3[nH]c(=O)[nH]c(=O)c3cc1C(O)O2. The van der Waals surface area contributed by atoms with Gasteiger partial charge in [0.25, 0.3) is 5.56 Å². The first-order valence-electron chi connectivity index (χ1n) is 6.66. The zero-order valence-corrected chi connectivity index (χ0v) is 11.5. The minimum atomic E-state index is -1.21. The Kier molecular flexibility index (Phi) is 2.49. The minimum absolute atomic E-state index is 0.175. The van der Waals surface area contributed by atoms with E-state index in [0.717, 1.165) is 5.56 Å². The number of aryl methyl sites for hydroxylation is 1. The number of benzene rings is 1. The number of aliphatic hydroxyl groups is 1. The number of ether oxygens (including phenoxy) is 1. The first kappa shape index (κ1) is 12.8. The van der Waals surface area contributed by atoms with E-state index in [-0.39, 0.29) is 11.0 Å². The lowest BCUT2D eigenvalue weighted by Gasteiger charge is -2.24. The van der Waals surface area contributed by atoms with Crippen LogP contribution in [0.2, 0.25) is 0 Å². The Bertz CT molecular complexity index is 1040. The number of nitrogens with one attached hydrogen (secondary N) is 2. The number of aromatic nitrogens is 3. The molecule has 1 aliphatic heterocycles. The van der Waals surface area contributed by atoms with Crippen molar-refractivity contribution >= 4 is 11.0 Å². The van der Waals surface area contributed by atoms with Crippen molar-refractivity contribution in [3.05, 3.63) is 56.2 Å². The quantitative estimate of drug-likeness (QED) is 0.573. The van der Waals surface area contributed by atoms with Crippen molar-refractivity contribution < 1.29 is 9.84 Å². The molecule has 0 saturated heterocycles. The number of fused-ring (bicyclic) bond motifs is 4. The van der Waals surface area contributed by atoms with Crippen molar-refractivity contribution in [1.29, 1.82) is 0 Å². The molecule has 0 saturated carbocycles. The van der Waals surface area contributed by atoms with Gasteiger partial charge in [-0.3, -0.25) is 14.8 Å². The molecule has 1 aliphatic rings. The molecule has 0 amide bonds. The van der Waals surface area contributed by atoms with Gasteiger partial charge in [-0.05, 0) is 25.1 Å². The van der Waals surface area contributed by atoms with Gasteiger partial charge >= 0.3 is 5.69 Å². The van der Waals surface area contributed by atoms with Crippen LogP contribution in [0.1, 0.15) is 17.4 Å². The molecule has 3 heterocycles.